The Balaban J connectivity index is 1.63. The minimum Gasteiger partial charge on any atom is -0.393 e. The molecular formula is C22H38O. The highest BCUT2D eigenvalue weighted by Gasteiger charge is 2.60. The number of hydrogen-bond acceptors (Lipinski definition) is 1. The average molecular weight is 319 g/mol. The minimum atomic E-state index is -0.0153. The van der Waals surface area contributed by atoms with Gasteiger partial charge in [0.15, 0.2) is 0 Å². The molecule has 0 saturated heterocycles. The molecule has 0 bridgehead atoms. The van der Waals surface area contributed by atoms with Crippen LogP contribution in [0.25, 0.3) is 0 Å². The van der Waals surface area contributed by atoms with Gasteiger partial charge in [-0.1, -0.05) is 34.6 Å². The smallest absolute Gasteiger partial charge is 0.0548 e. The molecule has 0 amide bonds. The second-order valence-electron chi connectivity index (χ2n) is 11.2. The van der Waals surface area contributed by atoms with Gasteiger partial charge < -0.3 is 5.11 Å². The second-order valence-corrected chi connectivity index (χ2v) is 11.2. The molecular weight excluding hydrogens is 280 g/mol. The van der Waals surface area contributed by atoms with Gasteiger partial charge in [-0.05, 0) is 97.2 Å². The van der Waals surface area contributed by atoms with E-state index in [1.807, 2.05) is 0 Å². The molecule has 8 atom stereocenters. The molecule has 1 nitrogen and oxygen atoms in total. The highest BCUT2D eigenvalue weighted by molar-refractivity contribution is 5.09. The Bertz CT molecular complexity index is 482. The van der Waals surface area contributed by atoms with Crippen molar-refractivity contribution < 1.29 is 5.11 Å². The molecule has 4 aliphatic carbocycles. The summed E-state index contributed by atoms with van der Waals surface area (Å²) in [5.74, 6) is 4.44. The van der Waals surface area contributed by atoms with Gasteiger partial charge in [-0.15, -0.1) is 0 Å². The Morgan fingerprint density at radius 3 is 2.35 bits per heavy atom. The quantitative estimate of drug-likeness (QED) is 0.611. The summed E-state index contributed by atoms with van der Waals surface area (Å²) in [6.45, 7) is 12.7. The first-order valence-corrected chi connectivity index (χ1v) is 10.3. The van der Waals surface area contributed by atoms with Gasteiger partial charge in [-0.2, -0.15) is 0 Å². The van der Waals surface area contributed by atoms with Crippen molar-refractivity contribution in [3.8, 4) is 0 Å². The lowest BCUT2D eigenvalue weighted by atomic mass is 9.42. The van der Waals surface area contributed by atoms with Crippen LogP contribution in [0.3, 0.4) is 0 Å². The molecule has 132 valence electrons. The Kier molecular flexibility index (Phi) is 3.57. The van der Waals surface area contributed by atoms with Gasteiger partial charge in [0.1, 0.15) is 0 Å². The van der Waals surface area contributed by atoms with E-state index >= 15 is 0 Å². The van der Waals surface area contributed by atoms with Crippen molar-refractivity contribution in [3.05, 3.63) is 0 Å². The summed E-state index contributed by atoms with van der Waals surface area (Å²) in [7, 11) is 0. The lowest BCUT2D eigenvalue weighted by Gasteiger charge is -2.63. The normalized spacial score (nSPS) is 58.2. The van der Waals surface area contributed by atoms with Crippen molar-refractivity contribution in [2.45, 2.75) is 92.1 Å². The van der Waals surface area contributed by atoms with E-state index in [2.05, 4.69) is 34.6 Å². The fraction of sp³-hybridized carbons (Fsp3) is 1.00. The molecule has 4 fully saturated rings. The van der Waals surface area contributed by atoms with E-state index in [-0.39, 0.29) is 6.10 Å². The highest BCUT2D eigenvalue weighted by Crippen LogP contribution is 2.68. The molecule has 0 heterocycles. The molecule has 1 heteroatoms. The van der Waals surface area contributed by atoms with Gasteiger partial charge in [-0.3, -0.25) is 0 Å². The maximum Gasteiger partial charge on any atom is 0.0548 e. The summed E-state index contributed by atoms with van der Waals surface area (Å²) in [4.78, 5) is 0. The predicted molar refractivity (Wildman–Crippen MR) is 96.1 cm³/mol. The van der Waals surface area contributed by atoms with Gasteiger partial charge in [0, 0.05) is 0 Å². The zero-order chi connectivity index (χ0) is 16.6. The first-order valence-electron chi connectivity index (χ1n) is 10.3. The highest BCUT2D eigenvalue weighted by atomic mass is 16.3. The summed E-state index contributed by atoms with van der Waals surface area (Å²) in [6.07, 6.45) is 10.7. The second kappa shape index (κ2) is 4.99. The Labute approximate surface area is 143 Å². The summed E-state index contributed by atoms with van der Waals surface area (Å²) in [6, 6.07) is 0. The molecule has 4 aliphatic rings. The zero-order valence-electron chi connectivity index (χ0n) is 16.1. The third-order valence-electron chi connectivity index (χ3n) is 9.66. The van der Waals surface area contributed by atoms with Crippen LogP contribution >= 0.6 is 0 Å². The first-order chi connectivity index (χ1) is 10.7. The topological polar surface area (TPSA) is 20.2 Å². The van der Waals surface area contributed by atoms with Gasteiger partial charge in [0.25, 0.3) is 0 Å². The van der Waals surface area contributed by atoms with E-state index in [0.29, 0.717) is 16.2 Å². The van der Waals surface area contributed by atoms with Crippen LogP contribution in [-0.2, 0) is 0 Å². The molecule has 1 N–H and O–H groups in total. The van der Waals surface area contributed by atoms with E-state index in [1.165, 1.54) is 38.5 Å². The number of aliphatic hydroxyl groups excluding tert-OH is 1. The van der Waals surface area contributed by atoms with E-state index in [4.69, 9.17) is 0 Å². The fourth-order valence-electron chi connectivity index (χ4n) is 7.98. The zero-order valence-corrected chi connectivity index (χ0v) is 16.1. The number of aliphatic hydroxyl groups is 1. The monoisotopic (exact) mass is 318 g/mol. The number of hydrogen-bond donors (Lipinski definition) is 1. The number of fused-ring (bicyclic) bond motifs is 5. The molecule has 4 saturated carbocycles. The van der Waals surface area contributed by atoms with E-state index in [1.54, 1.807) is 0 Å². The molecule has 1 unspecified atom stereocenters. The van der Waals surface area contributed by atoms with Crippen LogP contribution in [-0.4, -0.2) is 11.2 Å². The molecule has 0 aromatic rings. The van der Waals surface area contributed by atoms with Gasteiger partial charge in [-0.25, -0.2) is 0 Å². The molecule has 23 heavy (non-hydrogen) atoms. The fourth-order valence-corrected chi connectivity index (χ4v) is 7.98. The van der Waals surface area contributed by atoms with Crippen LogP contribution in [0.2, 0.25) is 0 Å². The van der Waals surface area contributed by atoms with Crippen LogP contribution in [0.1, 0.15) is 86.0 Å². The van der Waals surface area contributed by atoms with Crippen molar-refractivity contribution in [1.29, 1.82) is 0 Å². The van der Waals surface area contributed by atoms with Crippen LogP contribution in [0.4, 0.5) is 0 Å². The molecule has 0 aromatic heterocycles. The third-order valence-corrected chi connectivity index (χ3v) is 9.66. The molecule has 4 rings (SSSR count). The van der Waals surface area contributed by atoms with E-state index < -0.39 is 0 Å². The lowest BCUT2D eigenvalue weighted by molar-refractivity contribution is -0.136. The van der Waals surface area contributed by atoms with Crippen LogP contribution in [0, 0.1) is 45.8 Å². The van der Waals surface area contributed by atoms with Crippen LogP contribution in [0.5, 0.6) is 0 Å². The van der Waals surface area contributed by atoms with Crippen molar-refractivity contribution >= 4 is 0 Å². The third kappa shape index (κ3) is 2.28. The van der Waals surface area contributed by atoms with E-state index in [0.717, 1.165) is 42.4 Å². The van der Waals surface area contributed by atoms with Crippen molar-refractivity contribution in [3.63, 3.8) is 0 Å². The van der Waals surface area contributed by atoms with Crippen molar-refractivity contribution in [2.75, 3.05) is 0 Å². The van der Waals surface area contributed by atoms with Gasteiger partial charge in [0.05, 0.1) is 6.10 Å². The molecule has 0 aromatic carbocycles. The summed E-state index contributed by atoms with van der Waals surface area (Å²) >= 11 is 0. The van der Waals surface area contributed by atoms with Crippen molar-refractivity contribution in [1.82, 2.24) is 0 Å². The predicted octanol–water partition coefficient (Wildman–Crippen LogP) is 5.66. The summed E-state index contributed by atoms with van der Waals surface area (Å²) in [5.41, 5.74) is 1.56. The summed E-state index contributed by atoms with van der Waals surface area (Å²) in [5, 5.41) is 10.3. The maximum atomic E-state index is 10.3. The largest absolute Gasteiger partial charge is 0.393 e. The van der Waals surface area contributed by atoms with Gasteiger partial charge >= 0.3 is 0 Å². The van der Waals surface area contributed by atoms with E-state index in [9.17, 15) is 5.11 Å². The standard InChI is InChI=1S/C22H38O/c1-14-11-22(5)15(12-20(14,2)3)6-7-17-18(22)8-9-21(4)13-16(23)10-19(17)21/h14-19,23H,6-13H2,1-5H3/t14?,15-,16+,17+,18-,19-,21+,22-/m0/s1. The SMILES string of the molecule is CC1C[C@@]2(C)[C@@H](CC[C@H]3[C@@H]4C[C@@H](O)C[C@@]4(C)CC[C@@H]32)CC1(C)C. The molecule has 0 spiro atoms. The molecule has 0 aliphatic heterocycles. The Morgan fingerprint density at radius 1 is 0.870 bits per heavy atom. The Hall–Kier alpha value is -0.0400. The van der Waals surface area contributed by atoms with Crippen LogP contribution in [0.15, 0.2) is 0 Å². The first kappa shape index (κ1) is 16.4. The lowest BCUT2D eigenvalue weighted by Crippen LogP contribution is -2.55. The maximum absolute atomic E-state index is 10.3. The minimum absolute atomic E-state index is 0.0153. The average Bonchev–Trinajstić information content (AvgIpc) is 2.75. The summed E-state index contributed by atoms with van der Waals surface area (Å²) < 4.78 is 0. The Morgan fingerprint density at radius 2 is 1.61 bits per heavy atom. The van der Waals surface area contributed by atoms with Gasteiger partial charge in [0.2, 0.25) is 0 Å². The number of rotatable bonds is 0. The molecule has 0 radical (unpaired) electrons. The van der Waals surface area contributed by atoms with Crippen LogP contribution < -0.4 is 0 Å². The van der Waals surface area contributed by atoms with Crippen molar-refractivity contribution in [2.24, 2.45) is 45.8 Å².